The van der Waals surface area contributed by atoms with Crippen molar-refractivity contribution in [1.29, 1.82) is 0 Å². The van der Waals surface area contributed by atoms with E-state index >= 15 is 0 Å². The molecule has 0 saturated carbocycles. The summed E-state index contributed by atoms with van der Waals surface area (Å²) < 4.78 is 57.8. The Kier molecular flexibility index (Phi) is 31.5. The maximum absolute atomic E-state index is 12.0. The minimum atomic E-state index is -5.04. The normalized spacial score (nSPS) is 21.2. The van der Waals surface area contributed by atoms with E-state index in [2.05, 4.69) is 11.1 Å². The van der Waals surface area contributed by atoms with Gasteiger partial charge in [-0.2, -0.15) is 8.42 Å². The Labute approximate surface area is 322 Å². The maximum Gasteiger partial charge on any atom is 0.397 e. The molecule has 6 atom stereocenters. The van der Waals surface area contributed by atoms with Crippen LogP contribution in [0.15, 0.2) is 0 Å². The number of carbonyl (C=O) groups excluding carboxylic acids is 1. The molecule has 316 valence electrons. The molecule has 1 fully saturated rings. The highest BCUT2D eigenvalue weighted by Crippen LogP contribution is 2.26. The van der Waals surface area contributed by atoms with Gasteiger partial charge < -0.3 is 34.3 Å². The van der Waals surface area contributed by atoms with Gasteiger partial charge in [0.2, 0.25) is 0 Å². The van der Waals surface area contributed by atoms with Crippen molar-refractivity contribution < 1.29 is 56.2 Å². The molecule has 6 unspecified atom stereocenters. The van der Waals surface area contributed by atoms with Crippen molar-refractivity contribution in [1.82, 2.24) is 0 Å². The van der Waals surface area contributed by atoms with Gasteiger partial charge in [-0.15, -0.1) is 0 Å². The van der Waals surface area contributed by atoms with E-state index in [0.29, 0.717) is 6.61 Å². The molecule has 0 spiro atoms. The highest BCUT2D eigenvalue weighted by atomic mass is 32.3. The summed E-state index contributed by atoms with van der Waals surface area (Å²) in [6, 6.07) is 0. The average Bonchev–Trinajstić information content (AvgIpc) is 3.13. The minimum absolute atomic E-state index is 0.0327. The number of aliphatic hydroxyl groups excluding tert-OH is 3. The SMILES string of the molecule is CCCCCCCCCCCCCCCCCCCCCCCCCCCCOCC(COC1OC(CO)C(O)C(OS(=O)(=O)O)C1O)OC(=O)CC. The van der Waals surface area contributed by atoms with E-state index in [9.17, 15) is 28.5 Å². The van der Waals surface area contributed by atoms with Crippen molar-refractivity contribution >= 4 is 16.4 Å². The van der Waals surface area contributed by atoms with Crippen molar-refractivity contribution in [3.63, 3.8) is 0 Å². The highest BCUT2D eigenvalue weighted by Gasteiger charge is 2.48. The topological polar surface area (TPSA) is 178 Å². The van der Waals surface area contributed by atoms with Crippen molar-refractivity contribution in [2.75, 3.05) is 26.4 Å². The van der Waals surface area contributed by atoms with Crippen LogP contribution in [0.25, 0.3) is 0 Å². The lowest BCUT2D eigenvalue weighted by Crippen LogP contribution is -2.60. The van der Waals surface area contributed by atoms with E-state index in [0.717, 1.165) is 19.3 Å². The molecule has 0 amide bonds. The van der Waals surface area contributed by atoms with E-state index in [1.807, 2.05) is 0 Å². The van der Waals surface area contributed by atoms with Gasteiger partial charge in [-0.1, -0.05) is 174 Å². The second-order valence-corrected chi connectivity index (χ2v) is 16.0. The van der Waals surface area contributed by atoms with E-state index in [1.54, 1.807) is 6.92 Å². The van der Waals surface area contributed by atoms with Gasteiger partial charge in [0.25, 0.3) is 0 Å². The van der Waals surface area contributed by atoms with Crippen LogP contribution in [0.4, 0.5) is 0 Å². The number of unbranched alkanes of at least 4 members (excludes halogenated alkanes) is 25. The van der Waals surface area contributed by atoms with Crippen LogP contribution in [0.5, 0.6) is 0 Å². The van der Waals surface area contributed by atoms with Crippen molar-refractivity contribution in [3.05, 3.63) is 0 Å². The first kappa shape index (κ1) is 50.1. The summed E-state index contributed by atoms with van der Waals surface area (Å²) in [6.45, 7) is 3.42. The van der Waals surface area contributed by atoms with Gasteiger partial charge in [0.1, 0.15) is 30.5 Å². The second kappa shape index (κ2) is 33.3. The quantitative estimate of drug-likeness (QED) is 0.0271. The fourth-order valence-corrected chi connectivity index (χ4v) is 7.28. The maximum atomic E-state index is 12.0. The van der Waals surface area contributed by atoms with E-state index in [4.69, 9.17) is 23.5 Å². The molecule has 1 saturated heterocycles. The van der Waals surface area contributed by atoms with Gasteiger partial charge in [-0.25, -0.2) is 4.18 Å². The molecule has 1 aliphatic rings. The third-order valence-electron chi connectivity index (χ3n) is 10.0. The Hall–Kier alpha value is -0.900. The van der Waals surface area contributed by atoms with Crippen LogP contribution in [-0.4, -0.2) is 97.5 Å². The van der Waals surface area contributed by atoms with Crippen LogP contribution < -0.4 is 0 Å². The number of carbonyl (C=O) groups is 1. The minimum Gasteiger partial charge on any atom is -0.457 e. The summed E-state index contributed by atoms with van der Waals surface area (Å²) >= 11 is 0. The van der Waals surface area contributed by atoms with Crippen LogP contribution in [0.1, 0.15) is 187 Å². The lowest BCUT2D eigenvalue weighted by molar-refractivity contribution is -0.301. The second-order valence-electron chi connectivity index (χ2n) is 14.9. The molecule has 53 heavy (non-hydrogen) atoms. The van der Waals surface area contributed by atoms with Gasteiger partial charge in [-0.05, 0) is 6.42 Å². The molecule has 1 rings (SSSR count). The smallest absolute Gasteiger partial charge is 0.397 e. The summed E-state index contributed by atoms with van der Waals surface area (Å²) in [5, 5.41) is 30.1. The zero-order chi connectivity index (χ0) is 39.0. The first-order chi connectivity index (χ1) is 25.6. The third kappa shape index (κ3) is 27.4. The molecule has 1 heterocycles. The molecule has 0 aromatic rings. The van der Waals surface area contributed by atoms with Gasteiger partial charge in [0, 0.05) is 13.0 Å². The first-order valence-corrected chi connectivity index (χ1v) is 22.7. The largest absolute Gasteiger partial charge is 0.457 e. The monoisotopic (exact) mass is 783 g/mol. The number of rotatable bonds is 37. The van der Waals surface area contributed by atoms with Gasteiger partial charge >= 0.3 is 16.4 Å². The van der Waals surface area contributed by atoms with Crippen LogP contribution in [0.2, 0.25) is 0 Å². The molecule has 0 aliphatic carbocycles. The zero-order valence-electron chi connectivity index (χ0n) is 33.3. The summed E-state index contributed by atoms with van der Waals surface area (Å²) in [4.78, 5) is 12.0. The molecular formula is C40H78O12S. The van der Waals surface area contributed by atoms with Crippen LogP contribution in [0.3, 0.4) is 0 Å². The third-order valence-corrected chi connectivity index (χ3v) is 10.5. The molecule has 0 bridgehead atoms. The van der Waals surface area contributed by atoms with Crippen LogP contribution in [-0.2, 0) is 38.3 Å². The molecule has 13 heteroatoms. The predicted octanol–water partition coefficient (Wildman–Crippen LogP) is 8.13. The van der Waals surface area contributed by atoms with Crippen molar-refractivity contribution in [3.8, 4) is 0 Å². The van der Waals surface area contributed by atoms with Crippen molar-refractivity contribution in [2.45, 2.75) is 224 Å². The average molecular weight is 783 g/mol. The van der Waals surface area contributed by atoms with Gasteiger partial charge in [-0.3, -0.25) is 9.35 Å². The molecule has 1 aliphatic heterocycles. The molecule has 0 aromatic heterocycles. The Morgan fingerprint density at radius 2 is 1.06 bits per heavy atom. The zero-order valence-corrected chi connectivity index (χ0v) is 34.2. The Morgan fingerprint density at radius 1 is 0.642 bits per heavy atom. The number of esters is 1. The molecule has 0 aromatic carbocycles. The van der Waals surface area contributed by atoms with Gasteiger partial charge in [0.05, 0.1) is 19.8 Å². The highest BCUT2D eigenvalue weighted by molar-refractivity contribution is 7.80. The first-order valence-electron chi connectivity index (χ1n) is 21.3. The Bertz CT molecular complexity index is 952. The lowest BCUT2D eigenvalue weighted by Gasteiger charge is -2.41. The Morgan fingerprint density at radius 3 is 1.43 bits per heavy atom. The number of ether oxygens (including phenoxy) is 4. The number of hydrogen-bond acceptors (Lipinski definition) is 11. The molecular weight excluding hydrogens is 704 g/mol. The summed E-state index contributed by atoms with van der Waals surface area (Å²) in [7, 11) is -5.04. The molecule has 0 radical (unpaired) electrons. The van der Waals surface area contributed by atoms with Crippen LogP contribution >= 0.6 is 0 Å². The number of hydrogen-bond donors (Lipinski definition) is 4. The molecule has 4 N–H and O–H groups in total. The van der Waals surface area contributed by atoms with E-state index in [-0.39, 0.29) is 19.6 Å². The van der Waals surface area contributed by atoms with E-state index in [1.165, 1.54) is 148 Å². The lowest BCUT2D eigenvalue weighted by atomic mass is 9.99. The summed E-state index contributed by atoms with van der Waals surface area (Å²) in [5.41, 5.74) is 0. The predicted molar refractivity (Wildman–Crippen MR) is 207 cm³/mol. The molecule has 12 nitrogen and oxygen atoms in total. The fourth-order valence-electron chi connectivity index (χ4n) is 6.77. The van der Waals surface area contributed by atoms with Gasteiger partial charge in [0.15, 0.2) is 6.29 Å². The van der Waals surface area contributed by atoms with E-state index < -0.39 is 59.8 Å². The standard InChI is InChI=1S/C40H78O12S/c1-3-5-6-7-8-9-10-11-12-13-14-15-16-17-18-19-20-21-22-23-24-25-26-27-28-29-30-48-32-34(50-36(42)4-2)33-49-40-38(44)39(52-53(45,46)47)37(43)35(31-41)51-40/h34-35,37-41,43-44H,3-33H2,1-2H3,(H,45,46,47). The Balaban J connectivity index is 2.01. The number of aliphatic hydroxyl groups is 3. The summed E-state index contributed by atoms with van der Waals surface area (Å²) in [5.74, 6) is -0.483. The fraction of sp³-hybridized carbons (Fsp3) is 0.975. The van der Waals surface area contributed by atoms with Crippen molar-refractivity contribution in [2.24, 2.45) is 0 Å². The van der Waals surface area contributed by atoms with Crippen LogP contribution in [0, 0.1) is 0 Å². The summed E-state index contributed by atoms with van der Waals surface area (Å²) in [6.07, 6.45) is 25.8.